The highest BCUT2D eigenvalue weighted by atomic mass is 35.5. The highest BCUT2D eigenvalue weighted by Crippen LogP contribution is 2.35. The van der Waals surface area contributed by atoms with Crippen LogP contribution in [0.2, 0.25) is 10.0 Å². The van der Waals surface area contributed by atoms with Crippen molar-refractivity contribution in [2.24, 2.45) is 0 Å². The molecule has 0 unspecified atom stereocenters. The van der Waals surface area contributed by atoms with Gasteiger partial charge in [-0.1, -0.05) is 23.2 Å². The molecule has 2 aromatic rings. The minimum atomic E-state index is -4.48. The Morgan fingerprint density at radius 1 is 1.00 bits per heavy atom. The van der Waals surface area contributed by atoms with E-state index >= 15 is 0 Å². The smallest absolute Gasteiger partial charge is 0.353 e. The molecule has 0 aromatic heterocycles. The van der Waals surface area contributed by atoms with Crippen LogP contribution in [0.1, 0.15) is 11.1 Å². The first-order valence-corrected chi connectivity index (χ1v) is 6.40. The lowest BCUT2D eigenvalue weighted by molar-refractivity contribution is -0.137. The molecule has 0 spiro atoms. The van der Waals surface area contributed by atoms with Crippen LogP contribution in [-0.2, 0) is 6.18 Å². The number of rotatable bonds is 2. The first-order valence-electron chi connectivity index (χ1n) is 5.64. The minimum absolute atomic E-state index is 0.0465. The third-order valence-corrected chi connectivity index (χ3v) is 3.23. The molecule has 0 aliphatic rings. The maximum absolute atomic E-state index is 12.7. The molecule has 21 heavy (non-hydrogen) atoms. The van der Waals surface area contributed by atoms with Gasteiger partial charge in [0.25, 0.3) is 0 Å². The molecular weight excluding hydrogens is 324 g/mol. The van der Waals surface area contributed by atoms with E-state index in [1.165, 1.54) is 18.2 Å². The molecule has 7 heteroatoms. The number of anilines is 2. The third-order valence-electron chi connectivity index (χ3n) is 2.67. The highest BCUT2D eigenvalue weighted by Gasteiger charge is 2.31. The summed E-state index contributed by atoms with van der Waals surface area (Å²) in [5.41, 5.74) is -0.265. The van der Waals surface area contributed by atoms with Gasteiger partial charge in [0.15, 0.2) is 0 Å². The van der Waals surface area contributed by atoms with Crippen molar-refractivity contribution >= 4 is 34.6 Å². The molecular formula is C14H7Cl2F3N2. The van der Waals surface area contributed by atoms with Crippen LogP contribution in [0.4, 0.5) is 24.5 Å². The molecule has 0 saturated carbocycles. The number of nitrogens with zero attached hydrogens (tertiary/aromatic N) is 1. The van der Waals surface area contributed by atoms with E-state index in [2.05, 4.69) is 5.32 Å². The summed E-state index contributed by atoms with van der Waals surface area (Å²) in [7, 11) is 0. The lowest BCUT2D eigenvalue weighted by atomic mass is 10.1. The summed E-state index contributed by atoms with van der Waals surface area (Å²) in [5, 5.41) is 12.2. The van der Waals surface area contributed by atoms with Crippen LogP contribution in [0.25, 0.3) is 0 Å². The van der Waals surface area contributed by atoms with E-state index in [0.29, 0.717) is 5.02 Å². The molecule has 0 amide bonds. The van der Waals surface area contributed by atoms with Gasteiger partial charge in [0.05, 0.1) is 27.5 Å². The Kier molecular flexibility index (Phi) is 4.31. The average molecular weight is 331 g/mol. The van der Waals surface area contributed by atoms with E-state index in [-0.39, 0.29) is 22.0 Å². The molecule has 0 fully saturated rings. The summed E-state index contributed by atoms with van der Waals surface area (Å²) < 4.78 is 38.1. The van der Waals surface area contributed by atoms with Crippen molar-refractivity contribution in [2.75, 3.05) is 5.32 Å². The molecule has 0 aliphatic carbocycles. The van der Waals surface area contributed by atoms with Gasteiger partial charge in [-0.3, -0.25) is 0 Å². The summed E-state index contributed by atoms with van der Waals surface area (Å²) in [6.07, 6.45) is -4.48. The third kappa shape index (κ3) is 3.60. The second-order valence-corrected chi connectivity index (χ2v) is 4.96. The average Bonchev–Trinajstić information content (AvgIpc) is 2.40. The zero-order valence-corrected chi connectivity index (χ0v) is 11.8. The molecule has 0 aliphatic heterocycles. The normalized spacial score (nSPS) is 11.0. The molecule has 0 bridgehead atoms. The molecule has 108 valence electrons. The predicted molar refractivity (Wildman–Crippen MR) is 75.9 cm³/mol. The maximum Gasteiger partial charge on any atom is 0.416 e. The summed E-state index contributed by atoms with van der Waals surface area (Å²) >= 11 is 11.7. The molecule has 0 saturated heterocycles. The number of hydrogen-bond acceptors (Lipinski definition) is 2. The summed E-state index contributed by atoms with van der Waals surface area (Å²) in [5.74, 6) is 0. The van der Waals surface area contributed by atoms with E-state index in [9.17, 15) is 13.2 Å². The van der Waals surface area contributed by atoms with E-state index in [0.717, 1.165) is 18.2 Å². The van der Waals surface area contributed by atoms with Crippen LogP contribution in [0.3, 0.4) is 0 Å². The first kappa shape index (κ1) is 15.5. The van der Waals surface area contributed by atoms with Gasteiger partial charge >= 0.3 is 6.18 Å². The second-order valence-electron chi connectivity index (χ2n) is 4.12. The van der Waals surface area contributed by atoms with Crippen LogP contribution in [0.5, 0.6) is 0 Å². The largest absolute Gasteiger partial charge is 0.416 e. The Morgan fingerprint density at radius 3 is 2.33 bits per heavy atom. The predicted octanol–water partition coefficient (Wildman–Crippen LogP) is 5.63. The number of hydrogen-bond donors (Lipinski definition) is 1. The summed E-state index contributed by atoms with van der Waals surface area (Å²) in [6.45, 7) is 0. The van der Waals surface area contributed by atoms with E-state index in [4.69, 9.17) is 28.5 Å². The van der Waals surface area contributed by atoms with Gasteiger partial charge in [-0.25, -0.2) is 0 Å². The Morgan fingerprint density at radius 2 is 1.71 bits per heavy atom. The quantitative estimate of drug-likeness (QED) is 0.774. The topological polar surface area (TPSA) is 35.8 Å². The van der Waals surface area contributed by atoms with Gasteiger partial charge in [0, 0.05) is 5.02 Å². The van der Waals surface area contributed by atoms with Crippen LogP contribution < -0.4 is 5.32 Å². The van der Waals surface area contributed by atoms with Crippen molar-refractivity contribution in [1.82, 2.24) is 0 Å². The number of nitrogens with one attached hydrogen (secondary N) is 1. The Labute approximate surface area is 128 Å². The van der Waals surface area contributed by atoms with E-state index < -0.39 is 11.7 Å². The molecule has 0 radical (unpaired) electrons. The van der Waals surface area contributed by atoms with E-state index in [1.54, 1.807) is 0 Å². The van der Waals surface area contributed by atoms with Crippen molar-refractivity contribution < 1.29 is 13.2 Å². The molecule has 1 N–H and O–H groups in total. The van der Waals surface area contributed by atoms with Crippen molar-refractivity contribution in [3.05, 3.63) is 57.6 Å². The Balaban J connectivity index is 2.45. The van der Waals surface area contributed by atoms with Gasteiger partial charge in [0.1, 0.15) is 6.07 Å². The van der Waals surface area contributed by atoms with Crippen LogP contribution in [-0.4, -0.2) is 0 Å². The summed E-state index contributed by atoms with van der Waals surface area (Å²) in [4.78, 5) is 0. The maximum atomic E-state index is 12.7. The zero-order valence-electron chi connectivity index (χ0n) is 10.3. The Hall–Kier alpha value is -1.90. The molecule has 2 nitrogen and oxygen atoms in total. The monoisotopic (exact) mass is 330 g/mol. The second kappa shape index (κ2) is 5.84. The SMILES string of the molecule is N#Cc1ccc(Cl)cc1Nc1cc(C(F)(F)F)ccc1Cl. The van der Waals surface area contributed by atoms with Gasteiger partial charge in [-0.05, 0) is 36.4 Å². The van der Waals surface area contributed by atoms with Gasteiger partial charge in [-0.2, -0.15) is 18.4 Å². The van der Waals surface area contributed by atoms with Crippen molar-refractivity contribution in [3.63, 3.8) is 0 Å². The fraction of sp³-hybridized carbons (Fsp3) is 0.0714. The molecule has 0 atom stereocenters. The number of nitriles is 1. The highest BCUT2D eigenvalue weighted by molar-refractivity contribution is 6.33. The van der Waals surface area contributed by atoms with Crippen LogP contribution >= 0.6 is 23.2 Å². The van der Waals surface area contributed by atoms with Gasteiger partial charge in [0.2, 0.25) is 0 Å². The fourth-order valence-electron chi connectivity index (χ4n) is 1.66. The van der Waals surface area contributed by atoms with Crippen molar-refractivity contribution in [3.8, 4) is 6.07 Å². The first-order chi connectivity index (χ1) is 9.81. The van der Waals surface area contributed by atoms with Crippen molar-refractivity contribution in [2.45, 2.75) is 6.18 Å². The minimum Gasteiger partial charge on any atom is -0.353 e. The molecule has 0 heterocycles. The molecule has 2 aromatic carbocycles. The van der Waals surface area contributed by atoms with Gasteiger partial charge in [-0.15, -0.1) is 0 Å². The van der Waals surface area contributed by atoms with Crippen LogP contribution in [0.15, 0.2) is 36.4 Å². The fourth-order valence-corrected chi connectivity index (χ4v) is 2.00. The lowest BCUT2D eigenvalue weighted by Gasteiger charge is -2.13. The Bertz CT molecular complexity index is 721. The number of halogens is 5. The van der Waals surface area contributed by atoms with Crippen molar-refractivity contribution in [1.29, 1.82) is 5.26 Å². The number of benzene rings is 2. The van der Waals surface area contributed by atoms with Gasteiger partial charge < -0.3 is 5.32 Å². The molecule has 2 rings (SSSR count). The standard InChI is InChI=1S/C14H7Cl2F3N2/c15-10-3-1-8(7-20)12(6-10)21-13-5-9(14(17,18)19)2-4-11(13)16/h1-6,21H. The summed E-state index contributed by atoms with van der Waals surface area (Å²) in [6, 6.07) is 9.25. The van der Waals surface area contributed by atoms with E-state index in [1.807, 2.05) is 6.07 Å². The van der Waals surface area contributed by atoms with Crippen LogP contribution in [0, 0.1) is 11.3 Å². The zero-order chi connectivity index (χ0) is 15.6. The lowest BCUT2D eigenvalue weighted by Crippen LogP contribution is -2.05. The number of alkyl halides is 3.